The fourth-order valence-corrected chi connectivity index (χ4v) is 1.39. The second-order valence-electron chi connectivity index (χ2n) is 3.07. The first-order valence-electron chi connectivity index (χ1n) is 4.54. The molecule has 15 heavy (non-hydrogen) atoms. The lowest BCUT2D eigenvalue weighted by Gasteiger charge is -2.18. The molecule has 0 spiro atoms. The zero-order chi connectivity index (χ0) is 11.3. The highest BCUT2D eigenvalue weighted by Gasteiger charge is 2.25. The second kappa shape index (κ2) is 5.13. The summed E-state index contributed by atoms with van der Waals surface area (Å²) in [5.41, 5.74) is 5.90. The fraction of sp³-hybridized carbons (Fsp3) is 0.273. The van der Waals surface area contributed by atoms with Crippen LogP contribution in [0.1, 0.15) is 11.6 Å². The number of nitrogens with zero attached hydrogens (tertiary/aromatic N) is 1. The first-order valence-corrected chi connectivity index (χ1v) is 4.54. The average Bonchev–Trinajstić information content (AvgIpc) is 2.26. The Balaban J connectivity index is 2.99. The van der Waals surface area contributed by atoms with Crippen LogP contribution in [-0.4, -0.2) is 24.0 Å². The van der Waals surface area contributed by atoms with Gasteiger partial charge in [0.05, 0.1) is 11.6 Å². The van der Waals surface area contributed by atoms with E-state index in [1.165, 1.54) is 0 Å². The van der Waals surface area contributed by atoms with Gasteiger partial charge in [-0.05, 0) is 19.2 Å². The number of nitrogens with one attached hydrogen (secondary N) is 1. The van der Waals surface area contributed by atoms with Crippen molar-refractivity contribution in [1.29, 1.82) is 0 Å². The van der Waals surface area contributed by atoms with Gasteiger partial charge in [0.2, 0.25) is 5.91 Å². The number of hydrogen-bond donors (Lipinski definition) is 2. The molecule has 3 N–H and O–H groups in total. The van der Waals surface area contributed by atoms with Crippen molar-refractivity contribution in [2.45, 2.75) is 12.0 Å². The molecule has 1 heterocycles. The van der Waals surface area contributed by atoms with Crippen LogP contribution >= 0.6 is 0 Å². The summed E-state index contributed by atoms with van der Waals surface area (Å²) in [5.74, 6) is 1.61. The number of pyridine rings is 1. The number of carbonyl (C=O) groups is 1. The van der Waals surface area contributed by atoms with Gasteiger partial charge in [-0.25, -0.2) is 0 Å². The van der Waals surface area contributed by atoms with Crippen LogP contribution in [0.2, 0.25) is 0 Å². The van der Waals surface area contributed by atoms with Gasteiger partial charge < -0.3 is 11.1 Å². The van der Waals surface area contributed by atoms with Crippen molar-refractivity contribution in [3.05, 3.63) is 30.1 Å². The van der Waals surface area contributed by atoms with E-state index in [1.54, 1.807) is 25.4 Å². The summed E-state index contributed by atoms with van der Waals surface area (Å²) in [7, 11) is 1.64. The molecular weight excluding hydrogens is 190 g/mol. The van der Waals surface area contributed by atoms with Crippen molar-refractivity contribution < 1.29 is 4.79 Å². The van der Waals surface area contributed by atoms with Gasteiger partial charge in [0.1, 0.15) is 6.04 Å². The maximum Gasteiger partial charge on any atom is 0.236 e. The molecule has 1 amide bonds. The molecule has 4 nitrogen and oxygen atoms in total. The third kappa shape index (κ3) is 2.55. The van der Waals surface area contributed by atoms with Crippen LogP contribution in [0.3, 0.4) is 0 Å². The highest BCUT2D eigenvalue weighted by molar-refractivity contribution is 5.81. The maximum atomic E-state index is 11.1. The molecule has 78 valence electrons. The molecule has 1 aromatic heterocycles. The van der Waals surface area contributed by atoms with Gasteiger partial charge in [-0.3, -0.25) is 9.78 Å². The number of hydrogen-bond acceptors (Lipinski definition) is 3. The van der Waals surface area contributed by atoms with Crippen molar-refractivity contribution in [1.82, 2.24) is 10.3 Å². The lowest BCUT2D eigenvalue weighted by atomic mass is 9.96. The Kier molecular flexibility index (Phi) is 3.83. The van der Waals surface area contributed by atoms with E-state index in [-0.39, 0.29) is 0 Å². The maximum absolute atomic E-state index is 11.1. The SMILES string of the molecule is C#CC(c1ccccn1)C(NC)C(N)=O. The highest BCUT2D eigenvalue weighted by atomic mass is 16.1. The zero-order valence-corrected chi connectivity index (χ0v) is 8.47. The van der Waals surface area contributed by atoms with Crippen LogP contribution in [0.15, 0.2) is 24.4 Å². The fourth-order valence-electron chi connectivity index (χ4n) is 1.39. The topological polar surface area (TPSA) is 68.0 Å². The van der Waals surface area contributed by atoms with E-state index in [4.69, 9.17) is 12.2 Å². The molecule has 0 fully saturated rings. The Morgan fingerprint density at radius 2 is 2.40 bits per heavy atom. The summed E-state index contributed by atoms with van der Waals surface area (Å²) >= 11 is 0. The molecule has 0 aliphatic rings. The van der Waals surface area contributed by atoms with Crippen LogP contribution in [0.4, 0.5) is 0 Å². The first kappa shape index (κ1) is 11.2. The Bertz CT molecular complexity index is 369. The molecule has 0 saturated heterocycles. The van der Waals surface area contributed by atoms with Gasteiger partial charge in [0.15, 0.2) is 0 Å². The summed E-state index contributed by atoms with van der Waals surface area (Å²) in [6, 6.07) is 4.79. The van der Waals surface area contributed by atoms with E-state index < -0.39 is 17.9 Å². The molecule has 4 heteroatoms. The van der Waals surface area contributed by atoms with Gasteiger partial charge in [-0.1, -0.05) is 12.0 Å². The van der Waals surface area contributed by atoms with E-state index >= 15 is 0 Å². The Labute approximate surface area is 88.9 Å². The lowest BCUT2D eigenvalue weighted by Crippen LogP contribution is -2.43. The molecule has 0 aliphatic carbocycles. The smallest absolute Gasteiger partial charge is 0.236 e. The van der Waals surface area contributed by atoms with Gasteiger partial charge in [0, 0.05) is 6.20 Å². The number of rotatable bonds is 4. The standard InChI is InChI=1S/C11H13N3O/c1-3-8(10(13-2)11(12)15)9-6-4-5-7-14-9/h1,4-8,10,13H,2H3,(H2,12,15). The Morgan fingerprint density at radius 1 is 1.67 bits per heavy atom. The molecule has 0 aromatic carbocycles. The summed E-state index contributed by atoms with van der Waals surface area (Å²) in [6.07, 6.45) is 7.01. The molecule has 2 atom stereocenters. The molecule has 2 unspecified atom stereocenters. The minimum Gasteiger partial charge on any atom is -0.368 e. The molecule has 1 rings (SSSR count). The summed E-state index contributed by atoms with van der Waals surface area (Å²) in [6.45, 7) is 0. The molecule has 0 aliphatic heterocycles. The third-order valence-corrected chi connectivity index (χ3v) is 2.14. The minimum atomic E-state index is -0.593. The van der Waals surface area contributed by atoms with E-state index in [2.05, 4.69) is 16.2 Å². The number of nitrogens with two attached hydrogens (primary N) is 1. The van der Waals surface area contributed by atoms with Crippen LogP contribution in [0.25, 0.3) is 0 Å². The van der Waals surface area contributed by atoms with E-state index in [9.17, 15) is 4.79 Å². The third-order valence-electron chi connectivity index (χ3n) is 2.14. The lowest BCUT2D eigenvalue weighted by molar-refractivity contribution is -0.120. The van der Waals surface area contributed by atoms with E-state index in [1.807, 2.05) is 6.07 Å². The summed E-state index contributed by atoms with van der Waals surface area (Å²) < 4.78 is 0. The normalized spacial score (nSPS) is 13.9. The molecular formula is C11H13N3O. The molecule has 1 aromatic rings. The predicted molar refractivity (Wildman–Crippen MR) is 57.9 cm³/mol. The molecule has 0 bridgehead atoms. The predicted octanol–water partition coefficient (Wildman–Crippen LogP) is -0.128. The van der Waals surface area contributed by atoms with E-state index in [0.717, 1.165) is 0 Å². The highest BCUT2D eigenvalue weighted by Crippen LogP contribution is 2.15. The van der Waals surface area contributed by atoms with Crippen molar-refractivity contribution in [2.24, 2.45) is 5.73 Å². The number of terminal acetylenes is 1. The number of likely N-dealkylation sites (N-methyl/N-ethyl adjacent to an activating group) is 1. The quantitative estimate of drug-likeness (QED) is 0.670. The van der Waals surface area contributed by atoms with Crippen molar-refractivity contribution in [3.8, 4) is 12.3 Å². The Hall–Kier alpha value is -1.86. The number of amides is 1. The van der Waals surface area contributed by atoms with Crippen LogP contribution in [0.5, 0.6) is 0 Å². The van der Waals surface area contributed by atoms with Crippen molar-refractivity contribution >= 4 is 5.91 Å². The Morgan fingerprint density at radius 3 is 2.80 bits per heavy atom. The average molecular weight is 203 g/mol. The first-order chi connectivity index (χ1) is 7.20. The largest absolute Gasteiger partial charge is 0.368 e. The molecule has 0 radical (unpaired) electrons. The number of carbonyl (C=O) groups excluding carboxylic acids is 1. The number of primary amides is 1. The second-order valence-corrected chi connectivity index (χ2v) is 3.07. The van der Waals surface area contributed by atoms with Gasteiger partial charge in [-0.15, -0.1) is 6.42 Å². The molecule has 0 saturated carbocycles. The van der Waals surface area contributed by atoms with Crippen LogP contribution in [-0.2, 0) is 4.79 Å². The summed E-state index contributed by atoms with van der Waals surface area (Å²) in [5, 5.41) is 2.79. The number of aromatic nitrogens is 1. The summed E-state index contributed by atoms with van der Waals surface area (Å²) in [4.78, 5) is 15.3. The van der Waals surface area contributed by atoms with Crippen molar-refractivity contribution in [2.75, 3.05) is 7.05 Å². The van der Waals surface area contributed by atoms with Gasteiger partial charge in [0.25, 0.3) is 0 Å². The van der Waals surface area contributed by atoms with Gasteiger partial charge in [-0.2, -0.15) is 0 Å². The van der Waals surface area contributed by atoms with Crippen LogP contribution < -0.4 is 11.1 Å². The monoisotopic (exact) mass is 203 g/mol. The minimum absolute atomic E-state index is 0.436. The zero-order valence-electron chi connectivity index (χ0n) is 8.47. The van der Waals surface area contributed by atoms with Crippen LogP contribution in [0, 0.1) is 12.3 Å². The van der Waals surface area contributed by atoms with Crippen molar-refractivity contribution in [3.63, 3.8) is 0 Å². The van der Waals surface area contributed by atoms with E-state index in [0.29, 0.717) is 5.69 Å². The van der Waals surface area contributed by atoms with Gasteiger partial charge >= 0.3 is 0 Å².